The third-order valence-corrected chi connectivity index (χ3v) is 4.94. The molecule has 1 fully saturated rings. The van der Waals surface area contributed by atoms with E-state index in [9.17, 15) is 9.90 Å². The van der Waals surface area contributed by atoms with Crippen molar-refractivity contribution in [2.75, 3.05) is 0 Å². The lowest BCUT2D eigenvalue weighted by atomic mass is 9.64. The number of carbonyl (C=O) groups is 1. The van der Waals surface area contributed by atoms with Gasteiger partial charge in [0.25, 0.3) is 5.91 Å². The van der Waals surface area contributed by atoms with Crippen molar-refractivity contribution in [3.8, 4) is 0 Å². The van der Waals surface area contributed by atoms with Gasteiger partial charge in [0.05, 0.1) is 14.8 Å². The van der Waals surface area contributed by atoms with E-state index in [0.29, 0.717) is 11.3 Å². The van der Waals surface area contributed by atoms with Crippen LogP contribution in [0, 0.1) is 5.41 Å². The molecule has 1 saturated carbocycles. The fourth-order valence-electron chi connectivity index (χ4n) is 1.81. The van der Waals surface area contributed by atoms with Crippen molar-refractivity contribution in [2.24, 2.45) is 5.41 Å². The number of rotatable bonds is 2. The van der Waals surface area contributed by atoms with E-state index in [1.54, 1.807) is 6.07 Å². The SMILES string of the molecule is CC1(C)C(O)CC1NC(=O)c1ccc(Br)s1. The number of hydrogen-bond acceptors (Lipinski definition) is 3. The molecule has 1 aromatic heterocycles. The molecule has 0 radical (unpaired) electrons. The summed E-state index contributed by atoms with van der Waals surface area (Å²) in [7, 11) is 0. The number of halogens is 1. The van der Waals surface area contributed by atoms with E-state index in [0.717, 1.165) is 3.79 Å². The van der Waals surface area contributed by atoms with Crippen LogP contribution in [0.1, 0.15) is 29.9 Å². The molecule has 0 saturated heterocycles. The molecule has 0 aliphatic heterocycles. The largest absolute Gasteiger partial charge is 0.392 e. The Bertz CT molecular complexity index is 416. The van der Waals surface area contributed by atoms with Crippen LogP contribution in [0.5, 0.6) is 0 Å². The maximum Gasteiger partial charge on any atom is 0.261 e. The maximum atomic E-state index is 11.9. The summed E-state index contributed by atoms with van der Waals surface area (Å²) in [5, 5.41) is 12.5. The molecule has 2 unspecified atom stereocenters. The number of carbonyl (C=O) groups excluding carboxylic acids is 1. The topological polar surface area (TPSA) is 49.3 Å². The van der Waals surface area contributed by atoms with Crippen LogP contribution < -0.4 is 5.32 Å². The van der Waals surface area contributed by atoms with Crippen molar-refractivity contribution >= 4 is 33.2 Å². The first-order valence-corrected chi connectivity index (χ1v) is 6.76. The second kappa shape index (κ2) is 4.13. The van der Waals surface area contributed by atoms with Gasteiger partial charge in [-0.2, -0.15) is 0 Å². The summed E-state index contributed by atoms with van der Waals surface area (Å²) in [5.74, 6) is -0.0549. The van der Waals surface area contributed by atoms with Gasteiger partial charge < -0.3 is 10.4 Å². The van der Waals surface area contributed by atoms with Crippen LogP contribution in [-0.4, -0.2) is 23.2 Å². The first-order valence-electron chi connectivity index (χ1n) is 5.15. The molecule has 1 aliphatic carbocycles. The molecule has 1 aliphatic rings. The van der Waals surface area contributed by atoms with Crippen LogP contribution in [0.25, 0.3) is 0 Å². The van der Waals surface area contributed by atoms with Crippen molar-refractivity contribution in [3.63, 3.8) is 0 Å². The molecule has 0 spiro atoms. The van der Waals surface area contributed by atoms with E-state index >= 15 is 0 Å². The molecule has 16 heavy (non-hydrogen) atoms. The lowest BCUT2D eigenvalue weighted by molar-refractivity contribution is -0.0689. The van der Waals surface area contributed by atoms with E-state index in [1.165, 1.54) is 11.3 Å². The predicted molar refractivity (Wildman–Crippen MR) is 67.7 cm³/mol. The Morgan fingerprint density at radius 1 is 1.62 bits per heavy atom. The molecule has 0 bridgehead atoms. The average Bonchev–Trinajstić information content (AvgIpc) is 2.64. The second-order valence-corrected chi connectivity index (χ2v) is 7.17. The second-order valence-electron chi connectivity index (χ2n) is 4.70. The van der Waals surface area contributed by atoms with Crippen LogP contribution in [-0.2, 0) is 0 Å². The number of nitrogens with one attached hydrogen (secondary N) is 1. The van der Waals surface area contributed by atoms with Crippen LogP contribution in [0.2, 0.25) is 0 Å². The zero-order valence-electron chi connectivity index (χ0n) is 9.16. The van der Waals surface area contributed by atoms with Crippen LogP contribution in [0.15, 0.2) is 15.9 Å². The highest BCUT2D eigenvalue weighted by atomic mass is 79.9. The summed E-state index contributed by atoms with van der Waals surface area (Å²) in [6, 6.07) is 3.72. The molecule has 2 atom stereocenters. The summed E-state index contributed by atoms with van der Waals surface area (Å²) >= 11 is 4.74. The van der Waals surface area contributed by atoms with Crippen molar-refractivity contribution in [2.45, 2.75) is 32.4 Å². The van der Waals surface area contributed by atoms with Gasteiger partial charge >= 0.3 is 0 Å². The molecule has 88 valence electrons. The van der Waals surface area contributed by atoms with Crippen molar-refractivity contribution < 1.29 is 9.90 Å². The Balaban J connectivity index is 1.99. The van der Waals surface area contributed by atoms with Crippen molar-refractivity contribution in [1.29, 1.82) is 0 Å². The predicted octanol–water partition coefficient (Wildman–Crippen LogP) is 2.40. The van der Waals surface area contributed by atoms with Gasteiger partial charge in [0.1, 0.15) is 0 Å². The van der Waals surface area contributed by atoms with Gasteiger partial charge in [-0.05, 0) is 34.5 Å². The Morgan fingerprint density at radius 2 is 2.31 bits per heavy atom. The smallest absolute Gasteiger partial charge is 0.261 e. The Morgan fingerprint density at radius 3 is 2.75 bits per heavy atom. The standard InChI is InChI=1S/C11H14BrNO2S/c1-11(2)7(5-8(11)14)13-10(15)6-3-4-9(12)16-6/h3-4,7-8,14H,5H2,1-2H3,(H,13,15). The first-order chi connectivity index (χ1) is 7.41. The van der Waals surface area contributed by atoms with E-state index < -0.39 is 0 Å². The lowest BCUT2D eigenvalue weighted by Crippen LogP contribution is -2.61. The van der Waals surface area contributed by atoms with Crippen molar-refractivity contribution in [3.05, 3.63) is 20.8 Å². The van der Waals surface area contributed by atoms with Gasteiger partial charge in [-0.3, -0.25) is 4.79 Å². The fourth-order valence-corrected chi connectivity index (χ4v) is 3.10. The zero-order chi connectivity index (χ0) is 11.9. The van der Waals surface area contributed by atoms with E-state index in [4.69, 9.17) is 0 Å². The summed E-state index contributed by atoms with van der Waals surface area (Å²) in [5.41, 5.74) is -0.218. The molecule has 2 N–H and O–H groups in total. The normalized spacial score (nSPS) is 27.2. The molecule has 2 rings (SSSR count). The summed E-state index contributed by atoms with van der Waals surface area (Å²) in [4.78, 5) is 12.6. The number of aliphatic hydroxyl groups excluding tert-OH is 1. The third kappa shape index (κ3) is 2.04. The minimum Gasteiger partial charge on any atom is -0.392 e. The van der Waals surface area contributed by atoms with E-state index in [2.05, 4.69) is 21.2 Å². The molecule has 1 amide bonds. The minimum atomic E-state index is -0.312. The van der Waals surface area contributed by atoms with Crippen LogP contribution in [0.4, 0.5) is 0 Å². The molecule has 1 aromatic rings. The van der Waals surface area contributed by atoms with Crippen LogP contribution in [0.3, 0.4) is 0 Å². The quantitative estimate of drug-likeness (QED) is 0.881. The van der Waals surface area contributed by atoms with Crippen LogP contribution >= 0.6 is 27.3 Å². The highest BCUT2D eigenvalue weighted by Gasteiger charge is 2.48. The summed E-state index contributed by atoms with van der Waals surface area (Å²) in [6.07, 6.45) is 0.332. The Labute approximate surface area is 107 Å². The molecule has 3 nitrogen and oxygen atoms in total. The minimum absolute atomic E-state index is 0.0549. The van der Waals surface area contributed by atoms with Gasteiger partial charge in [-0.15, -0.1) is 11.3 Å². The number of hydrogen-bond donors (Lipinski definition) is 2. The monoisotopic (exact) mass is 303 g/mol. The maximum absolute atomic E-state index is 11.9. The van der Waals surface area contributed by atoms with E-state index in [1.807, 2.05) is 19.9 Å². The molecular weight excluding hydrogens is 290 g/mol. The van der Waals surface area contributed by atoms with Gasteiger partial charge in [-0.25, -0.2) is 0 Å². The first kappa shape index (κ1) is 12.1. The molecule has 5 heteroatoms. The number of thiophene rings is 1. The highest BCUT2D eigenvalue weighted by molar-refractivity contribution is 9.11. The molecule has 0 aromatic carbocycles. The van der Waals surface area contributed by atoms with Gasteiger partial charge in [0.15, 0.2) is 0 Å². The molecular formula is C11H14BrNO2S. The van der Waals surface area contributed by atoms with Crippen molar-refractivity contribution in [1.82, 2.24) is 5.32 Å². The van der Waals surface area contributed by atoms with E-state index in [-0.39, 0.29) is 23.5 Å². The lowest BCUT2D eigenvalue weighted by Gasteiger charge is -2.49. The Hall–Kier alpha value is -0.390. The zero-order valence-corrected chi connectivity index (χ0v) is 11.6. The summed E-state index contributed by atoms with van der Waals surface area (Å²) in [6.45, 7) is 3.94. The summed E-state index contributed by atoms with van der Waals surface area (Å²) < 4.78 is 0.950. The van der Waals surface area contributed by atoms with Gasteiger partial charge in [0, 0.05) is 11.5 Å². The fraction of sp³-hybridized carbons (Fsp3) is 0.545. The third-order valence-electron chi connectivity index (χ3n) is 3.32. The molecule has 1 heterocycles. The number of aliphatic hydroxyl groups is 1. The highest BCUT2D eigenvalue weighted by Crippen LogP contribution is 2.40. The van der Waals surface area contributed by atoms with Gasteiger partial charge in [-0.1, -0.05) is 13.8 Å². The van der Waals surface area contributed by atoms with Gasteiger partial charge in [0.2, 0.25) is 0 Å². The average molecular weight is 304 g/mol. The number of amides is 1. The Kier molecular flexibility index (Phi) is 3.11.